The molecule has 1 heterocycles. The van der Waals surface area contributed by atoms with E-state index in [0.717, 1.165) is 11.1 Å². The highest BCUT2D eigenvalue weighted by atomic mass is 16.5. The molecule has 0 fully saturated rings. The Hall–Kier alpha value is -3.66. The van der Waals surface area contributed by atoms with Gasteiger partial charge in [-0.15, -0.1) is 0 Å². The summed E-state index contributed by atoms with van der Waals surface area (Å²) in [6.45, 7) is 0. The predicted molar refractivity (Wildman–Crippen MR) is 84.4 cm³/mol. The molecule has 0 spiro atoms. The molecule has 0 amide bonds. The number of benzene rings is 2. The van der Waals surface area contributed by atoms with Crippen molar-refractivity contribution in [2.45, 2.75) is 0 Å². The second-order valence-corrected chi connectivity index (χ2v) is 4.80. The van der Waals surface area contributed by atoms with Crippen molar-refractivity contribution in [3.8, 4) is 28.8 Å². The van der Waals surface area contributed by atoms with Gasteiger partial charge in [-0.2, -0.15) is 5.26 Å². The summed E-state index contributed by atoms with van der Waals surface area (Å²) in [5.41, 5.74) is 2.51. The summed E-state index contributed by atoms with van der Waals surface area (Å²) in [5, 5.41) is 18.7. The zero-order valence-corrected chi connectivity index (χ0v) is 12.7. The predicted octanol–water partition coefficient (Wildman–Crippen LogP) is 2.92. The van der Waals surface area contributed by atoms with Gasteiger partial charge in [-0.05, 0) is 35.4 Å². The number of carbonyl (C=O) groups is 1. The lowest BCUT2D eigenvalue weighted by molar-refractivity contribution is 0.0591. The highest BCUT2D eigenvalue weighted by Gasteiger charge is 2.18. The van der Waals surface area contributed by atoms with Gasteiger partial charge in [0.15, 0.2) is 0 Å². The van der Waals surface area contributed by atoms with Crippen LogP contribution in [0.5, 0.6) is 11.6 Å². The lowest BCUT2D eigenvalue weighted by atomic mass is 10.0. The minimum Gasteiger partial charge on any atom is -0.464 e. The van der Waals surface area contributed by atoms with Gasteiger partial charge in [-0.25, -0.2) is 9.89 Å². The Morgan fingerprint density at radius 2 is 1.96 bits per heavy atom. The number of hydrogen-bond acceptors (Lipinski definition) is 6. The van der Waals surface area contributed by atoms with Crippen LogP contribution in [0.3, 0.4) is 0 Å². The average Bonchev–Trinajstić information content (AvgIpc) is 3.10. The lowest BCUT2D eigenvalue weighted by Gasteiger charge is -2.06. The van der Waals surface area contributed by atoms with Crippen LogP contribution in [0.2, 0.25) is 0 Å². The van der Waals surface area contributed by atoms with Crippen LogP contribution in [0.1, 0.15) is 16.1 Å². The first-order valence-electron chi connectivity index (χ1n) is 6.99. The molecule has 7 heteroatoms. The van der Waals surface area contributed by atoms with Crippen molar-refractivity contribution in [1.29, 1.82) is 5.26 Å². The van der Waals surface area contributed by atoms with Crippen molar-refractivity contribution >= 4 is 5.97 Å². The normalized spacial score (nSPS) is 10.0. The number of H-pyrrole nitrogens is 1. The fourth-order valence-electron chi connectivity index (χ4n) is 2.12. The quantitative estimate of drug-likeness (QED) is 0.742. The maximum atomic E-state index is 11.5. The Bertz CT molecular complexity index is 910. The third kappa shape index (κ3) is 3.08. The number of esters is 1. The fraction of sp³-hybridized carbons (Fsp3) is 0.0588. The van der Waals surface area contributed by atoms with Gasteiger partial charge in [0, 0.05) is 0 Å². The molecule has 3 rings (SSSR count). The van der Waals surface area contributed by atoms with Gasteiger partial charge in [0.2, 0.25) is 5.69 Å². The minimum absolute atomic E-state index is 0.0427. The summed E-state index contributed by atoms with van der Waals surface area (Å²) < 4.78 is 10.2. The molecule has 0 unspecified atom stereocenters. The van der Waals surface area contributed by atoms with Gasteiger partial charge in [0.1, 0.15) is 5.75 Å². The molecule has 1 N–H and O–H groups in total. The largest absolute Gasteiger partial charge is 0.464 e. The number of rotatable bonds is 4. The molecule has 7 nitrogen and oxygen atoms in total. The molecule has 0 saturated carbocycles. The molecule has 0 radical (unpaired) electrons. The SMILES string of the molecule is COC(=O)c1[nH]nnc1Oc1ccc(-c2cccc(C#N)c2)cc1. The molecule has 0 aliphatic rings. The number of ether oxygens (including phenoxy) is 2. The van der Waals surface area contributed by atoms with Crippen LogP contribution in [-0.2, 0) is 4.74 Å². The first-order valence-corrected chi connectivity index (χ1v) is 6.99. The summed E-state index contributed by atoms with van der Waals surface area (Å²) in [5.74, 6) is -0.0738. The van der Waals surface area contributed by atoms with Gasteiger partial charge < -0.3 is 9.47 Å². The molecule has 0 atom stereocenters. The van der Waals surface area contributed by atoms with E-state index >= 15 is 0 Å². The number of hydrogen-bond donors (Lipinski definition) is 1. The van der Waals surface area contributed by atoms with Crippen molar-refractivity contribution in [2.75, 3.05) is 7.11 Å². The monoisotopic (exact) mass is 320 g/mol. The molecular weight excluding hydrogens is 308 g/mol. The van der Waals surface area contributed by atoms with Crippen LogP contribution in [0, 0.1) is 11.3 Å². The van der Waals surface area contributed by atoms with Crippen molar-refractivity contribution in [2.24, 2.45) is 0 Å². The van der Waals surface area contributed by atoms with E-state index in [1.54, 1.807) is 18.2 Å². The van der Waals surface area contributed by atoms with Crippen molar-refractivity contribution in [1.82, 2.24) is 15.4 Å². The zero-order valence-electron chi connectivity index (χ0n) is 12.7. The molecule has 0 saturated heterocycles. The Kier molecular flexibility index (Phi) is 4.21. The van der Waals surface area contributed by atoms with Gasteiger partial charge in [-0.1, -0.05) is 34.6 Å². The van der Waals surface area contributed by atoms with Gasteiger partial charge in [0.25, 0.3) is 5.88 Å². The summed E-state index contributed by atoms with van der Waals surface area (Å²) in [7, 11) is 1.26. The van der Waals surface area contributed by atoms with E-state index in [4.69, 9.17) is 10.00 Å². The van der Waals surface area contributed by atoms with Crippen LogP contribution in [-0.4, -0.2) is 28.5 Å². The van der Waals surface area contributed by atoms with Crippen LogP contribution >= 0.6 is 0 Å². The van der Waals surface area contributed by atoms with E-state index < -0.39 is 5.97 Å². The highest BCUT2D eigenvalue weighted by Crippen LogP contribution is 2.26. The first kappa shape index (κ1) is 15.2. The molecule has 0 aliphatic heterocycles. The Morgan fingerprint density at radius 1 is 1.17 bits per heavy atom. The number of methoxy groups -OCH3 is 1. The zero-order chi connectivity index (χ0) is 16.9. The summed E-state index contributed by atoms with van der Waals surface area (Å²) in [4.78, 5) is 11.5. The number of aromatic nitrogens is 3. The van der Waals surface area contributed by atoms with Gasteiger partial charge in [0.05, 0.1) is 18.7 Å². The molecule has 24 heavy (non-hydrogen) atoms. The van der Waals surface area contributed by atoms with Crippen LogP contribution in [0.15, 0.2) is 48.5 Å². The molecule has 118 valence electrons. The number of carbonyl (C=O) groups excluding carboxylic acids is 1. The highest BCUT2D eigenvalue weighted by molar-refractivity contribution is 5.89. The molecule has 0 bridgehead atoms. The molecule has 0 aliphatic carbocycles. The maximum absolute atomic E-state index is 11.5. The Morgan fingerprint density at radius 3 is 2.67 bits per heavy atom. The lowest BCUT2D eigenvalue weighted by Crippen LogP contribution is -2.03. The van der Waals surface area contributed by atoms with Gasteiger partial charge >= 0.3 is 5.97 Å². The summed E-state index contributed by atoms with van der Waals surface area (Å²) in [6.07, 6.45) is 0. The summed E-state index contributed by atoms with van der Waals surface area (Å²) >= 11 is 0. The minimum atomic E-state index is -0.611. The number of nitriles is 1. The molecular formula is C17H12N4O3. The number of nitrogens with one attached hydrogen (secondary N) is 1. The average molecular weight is 320 g/mol. The standard InChI is InChI=1S/C17H12N4O3/c1-23-17(22)15-16(20-21-19-15)24-14-7-5-12(6-8-14)13-4-2-3-11(9-13)10-18/h2-9H,1H3,(H,19,20,21). The molecule has 1 aromatic heterocycles. The topological polar surface area (TPSA) is 101 Å². The van der Waals surface area contributed by atoms with Crippen LogP contribution in [0.4, 0.5) is 0 Å². The van der Waals surface area contributed by atoms with Crippen LogP contribution in [0.25, 0.3) is 11.1 Å². The van der Waals surface area contributed by atoms with E-state index in [1.807, 2.05) is 30.3 Å². The van der Waals surface area contributed by atoms with Crippen LogP contribution < -0.4 is 4.74 Å². The van der Waals surface area contributed by atoms with E-state index in [1.165, 1.54) is 7.11 Å². The van der Waals surface area contributed by atoms with Gasteiger partial charge in [-0.3, -0.25) is 0 Å². The number of nitrogens with zero attached hydrogens (tertiary/aromatic N) is 3. The van der Waals surface area contributed by atoms with E-state index in [-0.39, 0.29) is 11.6 Å². The van der Waals surface area contributed by atoms with E-state index in [9.17, 15) is 4.79 Å². The first-order chi connectivity index (χ1) is 11.7. The third-order valence-electron chi connectivity index (χ3n) is 3.30. The Balaban J connectivity index is 1.82. The molecule has 3 aromatic rings. The third-order valence-corrected chi connectivity index (χ3v) is 3.30. The number of aromatic amines is 1. The second kappa shape index (κ2) is 6.62. The maximum Gasteiger partial charge on any atom is 0.361 e. The second-order valence-electron chi connectivity index (χ2n) is 4.80. The van der Waals surface area contributed by atoms with Crippen molar-refractivity contribution in [3.05, 3.63) is 59.8 Å². The van der Waals surface area contributed by atoms with Crippen molar-refractivity contribution in [3.63, 3.8) is 0 Å². The van der Waals surface area contributed by atoms with E-state index in [0.29, 0.717) is 11.3 Å². The van der Waals surface area contributed by atoms with Crippen molar-refractivity contribution < 1.29 is 14.3 Å². The smallest absolute Gasteiger partial charge is 0.361 e. The fourth-order valence-corrected chi connectivity index (χ4v) is 2.12. The Labute approximate surface area is 137 Å². The van der Waals surface area contributed by atoms with E-state index in [2.05, 4.69) is 26.2 Å². The summed E-state index contributed by atoms with van der Waals surface area (Å²) in [6, 6.07) is 16.6. The molecule has 2 aromatic carbocycles.